The Labute approximate surface area is 176 Å². The number of para-hydroxylation sites is 1. The summed E-state index contributed by atoms with van der Waals surface area (Å²) in [7, 11) is 0. The molecule has 7 nitrogen and oxygen atoms in total. The summed E-state index contributed by atoms with van der Waals surface area (Å²) in [4.78, 5) is 40.2. The van der Waals surface area contributed by atoms with E-state index in [2.05, 4.69) is 21.0 Å². The number of hydrogen-bond acceptors (Lipinski definition) is 6. The lowest BCUT2D eigenvalue weighted by atomic mass is 9.97. The van der Waals surface area contributed by atoms with Gasteiger partial charge in [0, 0.05) is 4.47 Å². The number of nitrogens with zero attached hydrogens (tertiary/aromatic N) is 3. The minimum atomic E-state index is -1.01. The Morgan fingerprint density at radius 2 is 1.79 bits per heavy atom. The van der Waals surface area contributed by atoms with E-state index in [4.69, 9.17) is 4.74 Å². The van der Waals surface area contributed by atoms with Crippen LogP contribution in [0.3, 0.4) is 0 Å². The molecule has 0 radical (unpaired) electrons. The monoisotopic (exact) mass is 455 g/mol. The zero-order valence-corrected chi connectivity index (χ0v) is 17.4. The highest BCUT2D eigenvalue weighted by Crippen LogP contribution is 2.39. The number of aryl methyl sites for hydroxylation is 1. The maximum Gasteiger partial charge on any atom is 0.355 e. The lowest BCUT2D eigenvalue weighted by molar-refractivity contribution is -0.136. The third kappa shape index (κ3) is 3.13. The van der Waals surface area contributed by atoms with Crippen molar-refractivity contribution < 1.29 is 19.1 Å². The number of hydrogen-bond donors (Lipinski definition) is 0. The van der Waals surface area contributed by atoms with E-state index in [9.17, 15) is 14.4 Å². The summed E-state index contributed by atoms with van der Waals surface area (Å²) in [6.45, 7) is 3.72. The third-order valence-corrected chi connectivity index (χ3v) is 5.51. The lowest BCUT2D eigenvalue weighted by Gasteiger charge is -2.23. The number of carbonyl (C=O) groups is 3. The van der Waals surface area contributed by atoms with Crippen LogP contribution in [0.5, 0.6) is 0 Å². The number of benzene rings is 2. The van der Waals surface area contributed by atoms with Gasteiger partial charge in [0.25, 0.3) is 5.91 Å². The molecule has 2 aromatic carbocycles. The van der Waals surface area contributed by atoms with E-state index in [0.29, 0.717) is 11.4 Å². The standard InChI is InChI=1S/C21H18BrN3O4/c1-3-29-21(28)17-16-18(25(23-17)15-7-5-4-6-12(15)2)20(27)24(19(16)26)14-10-8-13(22)9-11-14/h4-11,16,18H,3H2,1-2H3. The first-order chi connectivity index (χ1) is 13.9. The van der Waals surface area contributed by atoms with Crippen LogP contribution in [-0.4, -0.2) is 36.1 Å². The van der Waals surface area contributed by atoms with E-state index in [1.807, 2.05) is 31.2 Å². The van der Waals surface area contributed by atoms with E-state index in [0.717, 1.165) is 14.9 Å². The fourth-order valence-electron chi connectivity index (χ4n) is 3.65. The molecule has 29 heavy (non-hydrogen) atoms. The Kier molecular flexibility index (Phi) is 4.96. The molecular weight excluding hydrogens is 438 g/mol. The van der Waals surface area contributed by atoms with Gasteiger partial charge >= 0.3 is 5.97 Å². The minimum Gasteiger partial charge on any atom is -0.461 e. The second kappa shape index (κ2) is 7.44. The van der Waals surface area contributed by atoms with Crippen molar-refractivity contribution in [2.75, 3.05) is 16.5 Å². The quantitative estimate of drug-likeness (QED) is 0.522. The SMILES string of the molecule is CCOC(=O)C1=NN(c2ccccc2C)C2C(=O)N(c3ccc(Br)cc3)C(=O)C12. The third-order valence-electron chi connectivity index (χ3n) is 4.98. The van der Waals surface area contributed by atoms with Crippen molar-refractivity contribution in [3.05, 3.63) is 58.6 Å². The molecule has 2 aliphatic rings. The van der Waals surface area contributed by atoms with Gasteiger partial charge in [-0.1, -0.05) is 34.1 Å². The molecule has 0 N–H and O–H groups in total. The van der Waals surface area contributed by atoms with Crippen molar-refractivity contribution in [1.29, 1.82) is 0 Å². The predicted octanol–water partition coefficient (Wildman–Crippen LogP) is 3.05. The molecule has 1 fully saturated rings. The average molecular weight is 456 g/mol. The van der Waals surface area contributed by atoms with Crippen LogP contribution in [0.25, 0.3) is 0 Å². The molecule has 2 aliphatic heterocycles. The number of anilines is 2. The molecule has 8 heteroatoms. The largest absolute Gasteiger partial charge is 0.461 e. The molecule has 0 spiro atoms. The van der Waals surface area contributed by atoms with Crippen LogP contribution in [0.1, 0.15) is 12.5 Å². The number of imide groups is 1. The van der Waals surface area contributed by atoms with Gasteiger partial charge in [-0.2, -0.15) is 5.10 Å². The predicted molar refractivity (Wildman–Crippen MR) is 112 cm³/mol. The number of amides is 2. The summed E-state index contributed by atoms with van der Waals surface area (Å²) in [5, 5.41) is 5.84. The van der Waals surface area contributed by atoms with E-state index in [1.165, 1.54) is 5.01 Å². The second-order valence-electron chi connectivity index (χ2n) is 6.75. The summed E-state index contributed by atoms with van der Waals surface area (Å²) in [6, 6.07) is 13.3. The summed E-state index contributed by atoms with van der Waals surface area (Å²) < 4.78 is 5.93. The van der Waals surface area contributed by atoms with Gasteiger partial charge < -0.3 is 4.74 Å². The molecule has 2 amide bonds. The summed E-state index contributed by atoms with van der Waals surface area (Å²) >= 11 is 3.35. The van der Waals surface area contributed by atoms with Crippen molar-refractivity contribution in [3.8, 4) is 0 Å². The van der Waals surface area contributed by atoms with Gasteiger partial charge in [0.15, 0.2) is 5.71 Å². The average Bonchev–Trinajstić information content (AvgIpc) is 3.21. The molecule has 0 aliphatic carbocycles. The van der Waals surface area contributed by atoms with Crippen molar-refractivity contribution >= 4 is 50.8 Å². The maximum atomic E-state index is 13.3. The maximum absolute atomic E-state index is 13.3. The number of esters is 1. The van der Waals surface area contributed by atoms with E-state index < -0.39 is 29.7 Å². The van der Waals surface area contributed by atoms with Gasteiger partial charge in [-0.25, -0.2) is 9.69 Å². The summed E-state index contributed by atoms with van der Waals surface area (Å²) in [6.07, 6.45) is 0. The van der Waals surface area contributed by atoms with Crippen molar-refractivity contribution in [2.45, 2.75) is 19.9 Å². The fraction of sp³-hybridized carbons (Fsp3) is 0.238. The summed E-state index contributed by atoms with van der Waals surface area (Å²) in [5.74, 6) is -2.60. The van der Waals surface area contributed by atoms with E-state index in [-0.39, 0.29) is 12.3 Å². The molecule has 4 rings (SSSR count). The molecular formula is C21H18BrN3O4. The van der Waals surface area contributed by atoms with Crippen LogP contribution >= 0.6 is 15.9 Å². The van der Waals surface area contributed by atoms with Gasteiger partial charge in [-0.05, 0) is 49.7 Å². The van der Waals surface area contributed by atoms with Crippen LogP contribution in [0.15, 0.2) is 58.1 Å². The molecule has 148 valence electrons. The Bertz CT molecular complexity index is 1030. The highest BCUT2D eigenvalue weighted by molar-refractivity contribution is 9.10. The first-order valence-electron chi connectivity index (χ1n) is 9.18. The van der Waals surface area contributed by atoms with Gasteiger partial charge in [0.2, 0.25) is 5.91 Å². The molecule has 1 saturated heterocycles. The van der Waals surface area contributed by atoms with Crippen LogP contribution in [0, 0.1) is 12.8 Å². The zero-order chi connectivity index (χ0) is 20.7. The fourth-order valence-corrected chi connectivity index (χ4v) is 3.92. The van der Waals surface area contributed by atoms with Gasteiger partial charge in [0.1, 0.15) is 12.0 Å². The lowest BCUT2D eigenvalue weighted by Crippen LogP contribution is -2.39. The number of halogens is 1. The first kappa shape index (κ1) is 19.3. The van der Waals surface area contributed by atoms with Crippen LogP contribution in [0.2, 0.25) is 0 Å². The molecule has 2 heterocycles. The highest BCUT2D eigenvalue weighted by Gasteiger charge is 2.59. The highest BCUT2D eigenvalue weighted by atomic mass is 79.9. The topological polar surface area (TPSA) is 79.3 Å². The molecule has 0 saturated carbocycles. The Morgan fingerprint density at radius 3 is 2.45 bits per heavy atom. The van der Waals surface area contributed by atoms with Crippen molar-refractivity contribution in [2.24, 2.45) is 11.0 Å². The van der Waals surface area contributed by atoms with Crippen LogP contribution in [0.4, 0.5) is 11.4 Å². The zero-order valence-electron chi connectivity index (χ0n) is 15.8. The van der Waals surface area contributed by atoms with E-state index in [1.54, 1.807) is 31.2 Å². The van der Waals surface area contributed by atoms with Crippen LogP contribution < -0.4 is 9.91 Å². The molecule has 2 atom stereocenters. The number of carbonyl (C=O) groups excluding carboxylic acids is 3. The Morgan fingerprint density at radius 1 is 1.10 bits per heavy atom. The molecule has 2 unspecified atom stereocenters. The minimum absolute atomic E-state index is 0.0435. The van der Waals surface area contributed by atoms with E-state index >= 15 is 0 Å². The smallest absolute Gasteiger partial charge is 0.355 e. The number of ether oxygens (including phenoxy) is 1. The Balaban J connectivity index is 1.81. The summed E-state index contributed by atoms with van der Waals surface area (Å²) in [5.41, 5.74) is 1.95. The number of hydrazone groups is 1. The van der Waals surface area contributed by atoms with Crippen molar-refractivity contribution in [1.82, 2.24) is 0 Å². The van der Waals surface area contributed by atoms with Gasteiger partial charge in [0.05, 0.1) is 18.0 Å². The number of fused-ring (bicyclic) bond motifs is 1. The second-order valence-corrected chi connectivity index (χ2v) is 7.66. The van der Waals surface area contributed by atoms with Crippen molar-refractivity contribution in [3.63, 3.8) is 0 Å². The normalized spacial score (nSPS) is 20.7. The molecule has 0 bridgehead atoms. The van der Waals surface area contributed by atoms with Gasteiger partial charge in [-0.3, -0.25) is 14.6 Å². The molecule has 2 aromatic rings. The first-order valence-corrected chi connectivity index (χ1v) is 9.97. The molecule has 0 aromatic heterocycles. The Hall–Kier alpha value is -3.00. The number of rotatable bonds is 4. The van der Waals surface area contributed by atoms with Crippen LogP contribution in [-0.2, 0) is 19.1 Å². The van der Waals surface area contributed by atoms with Gasteiger partial charge in [-0.15, -0.1) is 0 Å².